The average Bonchev–Trinajstić information content (AvgIpc) is 3.11. The van der Waals surface area contributed by atoms with Crippen LogP contribution in [0.5, 0.6) is 0 Å². The highest BCUT2D eigenvalue weighted by molar-refractivity contribution is 6.00. The van der Waals surface area contributed by atoms with Gasteiger partial charge in [-0.3, -0.25) is 9.59 Å². The highest BCUT2D eigenvalue weighted by Gasteiger charge is 2.65. The van der Waals surface area contributed by atoms with Crippen molar-refractivity contribution in [2.24, 2.45) is 11.1 Å². The molecular weight excluding hydrogens is 390 g/mol. The van der Waals surface area contributed by atoms with Crippen molar-refractivity contribution in [3.05, 3.63) is 24.3 Å². The number of ether oxygens (including phenoxy) is 1. The number of aliphatic hydroxyl groups is 1. The first-order chi connectivity index (χ1) is 14.0. The largest absolute Gasteiger partial charge is 0.430 e. The number of carbonyl (C=O) groups excluding carboxylic acids is 3. The first kappa shape index (κ1) is 21.9. The Morgan fingerprint density at radius 3 is 2.47 bits per heavy atom. The summed E-state index contributed by atoms with van der Waals surface area (Å²) in [6, 6.07) is 1.70. The van der Waals surface area contributed by atoms with Crippen molar-refractivity contribution < 1.29 is 24.2 Å². The Bertz CT molecular complexity index is 840. The van der Waals surface area contributed by atoms with Crippen LogP contribution in [0.4, 0.5) is 4.79 Å². The number of aromatic nitrogens is 2. The molecule has 0 aromatic carbocycles. The molecule has 2 aliphatic heterocycles. The van der Waals surface area contributed by atoms with Gasteiger partial charge in [0, 0.05) is 24.4 Å². The summed E-state index contributed by atoms with van der Waals surface area (Å²) < 4.78 is 5.31. The smallest absolute Gasteiger partial charge is 0.405 e. The van der Waals surface area contributed by atoms with Gasteiger partial charge in [-0.05, 0) is 25.8 Å². The van der Waals surface area contributed by atoms with Crippen LogP contribution in [0.25, 0.3) is 0 Å². The molecule has 0 aliphatic carbocycles. The lowest BCUT2D eigenvalue weighted by Crippen LogP contribution is -2.76. The first-order valence-corrected chi connectivity index (χ1v) is 9.99. The van der Waals surface area contributed by atoms with Crippen molar-refractivity contribution in [3.8, 4) is 0 Å². The number of hydrogen-bond donors (Lipinski definition) is 2. The molecule has 3 amide bonds. The monoisotopic (exact) mass is 419 g/mol. The molecule has 3 heterocycles. The molecule has 10 heteroatoms. The van der Waals surface area contributed by atoms with Gasteiger partial charge in [-0.1, -0.05) is 20.8 Å². The minimum Gasteiger partial charge on any atom is -0.430 e. The standard InChI is InChI=1S/C20H29N5O5/c1-13(26)20(18(2,3)4,30-17(21)29)16(28)25-10-5-7-19(25)12-24(15(19)27)11-14-22-8-6-9-23-14/h6,8-9,13,26H,5,7,10-12H2,1-4H3,(H2,21,29)/t13-,19?,20+/m1/s1. The zero-order valence-corrected chi connectivity index (χ0v) is 17.8. The Labute approximate surface area is 175 Å². The number of β-lactam (4-membered cyclic amide) rings is 1. The maximum Gasteiger partial charge on any atom is 0.405 e. The predicted octanol–water partition coefficient (Wildman–Crippen LogP) is 0.441. The van der Waals surface area contributed by atoms with E-state index in [1.54, 1.807) is 44.1 Å². The number of likely N-dealkylation sites (tertiary alicyclic amines) is 2. The lowest BCUT2D eigenvalue weighted by molar-refractivity contribution is -0.195. The van der Waals surface area contributed by atoms with Crippen LogP contribution in [0.2, 0.25) is 0 Å². The minimum atomic E-state index is -1.92. The molecule has 1 unspecified atom stereocenters. The minimum absolute atomic E-state index is 0.201. The van der Waals surface area contributed by atoms with Crippen LogP contribution in [0.3, 0.4) is 0 Å². The highest BCUT2D eigenvalue weighted by Crippen LogP contribution is 2.45. The molecule has 30 heavy (non-hydrogen) atoms. The summed E-state index contributed by atoms with van der Waals surface area (Å²) in [5, 5.41) is 10.6. The molecular formula is C20H29N5O5. The zero-order valence-electron chi connectivity index (χ0n) is 17.8. The molecule has 3 rings (SSSR count). The van der Waals surface area contributed by atoms with E-state index in [2.05, 4.69) is 9.97 Å². The number of hydrogen-bond acceptors (Lipinski definition) is 7. The van der Waals surface area contributed by atoms with E-state index in [9.17, 15) is 19.5 Å². The zero-order chi connectivity index (χ0) is 22.3. The van der Waals surface area contributed by atoms with E-state index in [4.69, 9.17) is 10.5 Å². The Morgan fingerprint density at radius 2 is 1.97 bits per heavy atom. The molecule has 0 radical (unpaired) electrons. The van der Waals surface area contributed by atoms with E-state index in [0.29, 0.717) is 31.8 Å². The lowest BCUT2D eigenvalue weighted by atomic mass is 9.71. The van der Waals surface area contributed by atoms with Crippen LogP contribution < -0.4 is 5.73 Å². The lowest BCUT2D eigenvalue weighted by Gasteiger charge is -2.54. The fourth-order valence-corrected chi connectivity index (χ4v) is 4.70. The van der Waals surface area contributed by atoms with Gasteiger partial charge >= 0.3 is 6.09 Å². The maximum absolute atomic E-state index is 13.7. The number of carbonyl (C=O) groups is 3. The average molecular weight is 419 g/mol. The van der Waals surface area contributed by atoms with Crippen LogP contribution in [-0.4, -0.2) is 73.1 Å². The van der Waals surface area contributed by atoms with Gasteiger partial charge in [0.1, 0.15) is 17.5 Å². The van der Waals surface area contributed by atoms with Crippen LogP contribution in [0, 0.1) is 5.41 Å². The highest BCUT2D eigenvalue weighted by atomic mass is 16.6. The normalized spacial score (nSPS) is 24.4. The van der Waals surface area contributed by atoms with Crippen molar-refractivity contribution >= 4 is 17.9 Å². The number of nitrogens with zero attached hydrogens (tertiary/aromatic N) is 4. The fraction of sp³-hybridized carbons (Fsp3) is 0.650. The quantitative estimate of drug-likeness (QED) is 0.660. The van der Waals surface area contributed by atoms with Crippen molar-refractivity contribution in [1.82, 2.24) is 19.8 Å². The van der Waals surface area contributed by atoms with E-state index < -0.39 is 34.7 Å². The van der Waals surface area contributed by atoms with E-state index in [1.165, 1.54) is 11.8 Å². The Balaban J connectivity index is 1.89. The number of amides is 3. The van der Waals surface area contributed by atoms with Crippen LogP contribution >= 0.6 is 0 Å². The summed E-state index contributed by atoms with van der Waals surface area (Å²) in [7, 11) is 0. The Hall–Kier alpha value is -2.75. The van der Waals surface area contributed by atoms with Gasteiger partial charge in [-0.25, -0.2) is 14.8 Å². The molecule has 2 saturated heterocycles. The van der Waals surface area contributed by atoms with Gasteiger partial charge in [0.2, 0.25) is 5.60 Å². The van der Waals surface area contributed by atoms with Gasteiger partial charge in [0.05, 0.1) is 13.1 Å². The molecule has 1 aromatic rings. The second kappa shape index (κ2) is 7.50. The van der Waals surface area contributed by atoms with Crippen LogP contribution in [-0.2, 0) is 20.9 Å². The van der Waals surface area contributed by atoms with Crippen molar-refractivity contribution in [2.45, 2.75) is 64.3 Å². The third-order valence-electron chi connectivity index (χ3n) is 6.11. The van der Waals surface area contributed by atoms with Gasteiger partial charge in [0.25, 0.3) is 11.8 Å². The number of nitrogens with two attached hydrogens (primary N) is 1. The molecule has 10 nitrogen and oxygen atoms in total. The second-order valence-electron chi connectivity index (χ2n) is 9.00. The summed E-state index contributed by atoms with van der Waals surface area (Å²) in [5.41, 5.74) is 1.36. The predicted molar refractivity (Wildman–Crippen MR) is 106 cm³/mol. The molecule has 164 valence electrons. The van der Waals surface area contributed by atoms with Crippen LogP contribution in [0.1, 0.15) is 46.4 Å². The van der Waals surface area contributed by atoms with Gasteiger partial charge in [-0.15, -0.1) is 0 Å². The molecule has 0 saturated carbocycles. The summed E-state index contributed by atoms with van der Waals surface area (Å²) in [4.78, 5) is 49.9. The van der Waals surface area contributed by atoms with E-state index in [1.807, 2.05) is 0 Å². The fourth-order valence-electron chi connectivity index (χ4n) is 4.70. The molecule has 0 bridgehead atoms. The molecule has 3 N–H and O–H groups in total. The third-order valence-corrected chi connectivity index (χ3v) is 6.11. The van der Waals surface area contributed by atoms with Crippen molar-refractivity contribution in [3.63, 3.8) is 0 Å². The van der Waals surface area contributed by atoms with Gasteiger partial charge < -0.3 is 25.4 Å². The Morgan fingerprint density at radius 1 is 1.33 bits per heavy atom. The molecule has 3 atom stereocenters. The Kier molecular flexibility index (Phi) is 5.48. The number of rotatable bonds is 5. The van der Waals surface area contributed by atoms with E-state index in [0.717, 1.165) is 0 Å². The molecule has 2 fully saturated rings. The van der Waals surface area contributed by atoms with Crippen LogP contribution in [0.15, 0.2) is 18.5 Å². The summed E-state index contributed by atoms with van der Waals surface area (Å²) in [6.07, 6.45) is 1.85. The molecule has 1 spiro atoms. The molecule has 2 aliphatic rings. The van der Waals surface area contributed by atoms with Gasteiger partial charge in [-0.2, -0.15) is 0 Å². The van der Waals surface area contributed by atoms with E-state index >= 15 is 0 Å². The summed E-state index contributed by atoms with van der Waals surface area (Å²) >= 11 is 0. The SMILES string of the molecule is C[C@@H](O)[C@](OC(N)=O)(C(=O)N1CCCC12CN(Cc1ncccn1)C2=O)C(C)(C)C. The summed E-state index contributed by atoms with van der Waals surface area (Å²) in [6.45, 7) is 7.35. The van der Waals surface area contributed by atoms with Crippen molar-refractivity contribution in [2.75, 3.05) is 13.1 Å². The number of aliphatic hydroxyl groups excluding tert-OH is 1. The molecule has 1 aromatic heterocycles. The summed E-state index contributed by atoms with van der Waals surface area (Å²) in [5.74, 6) is -0.291. The first-order valence-electron chi connectivity index (χ1n) is 9.99. The number of primary amides is 1. The third kappa shape index (κ3) is 3.28. The van der Waals surface area contributed by atoms with Crippen molar-refractivity contribution in [1.29, 1.82) is 0 Å². The second-order valence-corrected chi connectivity index (χ2v) is 9.00. The van der Waals surface area contributed by atoms with Gasteiger partial charge in [0.15, 0.2) is 0 Å². The van der Waals surface area contributed by atoms with E-state index in [-0.39, 0.29) is 12.5 Å². The topological polar surface area (TPSA) is 139 Å². The maximum atomic E-state index is 13.7.